The summed E-state index contributed by atoms with van der Waals surface area (Å²) in [6.07, 6.45) is 0.413. The van der Waals surface area contributed by atoms with Gasteiger partial charge in [-0.25, -0.2) is 19.0 Å². The van der Waals surface area contributed by atoms with Gasteiger partial charge in [-0.1, -0.05) is 37.3 Å². The molecule has 0 saturated heterocycles. The van der Waals surface area contributed by atoms with Crippen LogP contribution in [-0.2, 0) is 65.0 Å². The summed E-state index contributed by atoms with van der Waals surface area (Å²) >= 11 is 0. The lowest BCUT2D eigenvalue weighted by molar-refractivity contribution is -0.172. The average molecular weight is 897 g/mol. The summed E-state index contributed by atoms with van der Waals surface area (Å²) in [4.78, 5) is 94.9. The van der Waals surface area contributed by atoms with E-state index < -0.39 is 83.9 Å². The molecule has 0 spiro atoms. The number of ether oxygens (including phenoxy) is 2. The number of aliphatic hydroxyl groups is 1. The van der Waals surface area contributed by atoms with Gasteiger partial charge in [0.25, 0.3) is 5.56 Å². The highest BCUT2D eigenvalue weighted by atomic mass is 19.1. The number of hydrogen-bond acceptors (Lipinski definition) is 12. The van der Waals surface area contributed by atoms with E-state index in [-0.39, 0.29) is 49.7 Å². The number of rotatable bonds is 15. The monoisotopic (exact) mass is 896 g/mol. The van der Waals surface area contributed by atoms with E-state index in [2.05, 4.69) is 31.9 Å². The first-order valence-corrected chi connectivity index (χ1v) is 21.5. The lowest BCUT2D eigenvalue weighted by atomic mass is 9.81. The van der Waals surface area contributed by atoms with Crippen LogP contribution in [0.5, 0.6) is 0 Å². The van der Waals surface area contributed by atoms with E-state index in [1.54, 1.807) is 75.6 Å². The van der Waals surface area contributed by atoms with Crippen LogP contribution >= 0.6 is 0 Å². The third-order valence-electron chi connectivity index (χ3n) is 11.8. The van der Waals surface area contributed by atoms with E-state index in [0.717, 1.165) is 27.6 Å². The molecule has 0 saturated carbocycles. The number of halogens is 1. The molecule has 0 unspecified atom stereocenters. The van der Waals surface area contributed by atoms with E-state index in [1.165, 1.54) is 6.07 Å². The normalized spacial score (nSPS) is 17.5. The van der Waals surface area contributed by atoms with Crippen molar-refractivity contribution in [1.82, 2.24) is 41.5 Å². The summed E-state index contributed by atoms with van der Waals surface area (Å²) < 4.78 is 27.2. The molecule has 0 bridgehead atoms. The third-order valence-corrected chi connectivity index (χ3v) is 11.8. The number of carbonyl (C=O) groups excluding carboxylic acids is 6. The van der Waals surface area contributed by atoms with Crippen LogP contribution < -0.4 is 37.5 Å². The molecule has 5 amide bonds. The van der Waals surface area contributed by atoms with Gasteiger partial charge in [0.15, 0.2) is 5.60 Å². The van der Waals surface area contributed by atoms with Crippen molar-refractivity contribution in [3.8, 4) is 11.4 Å². The molecule has 2 aromatic heterocycles. The molecule has 3 aliphatic rings. The number of hydrogen-bond donors (Lipinski definition) is 7. The lowest BCUT2D eigenvalue weighted by Crippen LogP contribution is -2.52. The topological polar surface area (TPSA) is 248 Å². The van der Waals surface area contributed by atoms with Gasteiger partial charge in [0, 0.05) is 48.1 Å². The number of carbonyl (C=O) groups is 6. The van der Waals surface area contributed by atoms with E-state index in [4.69, 9.17) is 14.5 Å². The van der Waals surface area contributed by atoms with Crippen LogP contribution in [0.1, 0.15) is 85.5 Å². The van der Waals surface area contributed by atoms with Gasteiger partial charge in [-0.05, 0) is 75.3 Å². The maximum Gasteiger partial charge on any atom is 0.408 e. The molecule has 18 nitrogen and oxygen atoms in total. The maximum atomic E-state index is 15.3. The zero-order chi connectivity index (χ0) is 46.8. The van der Waals surface area contributed by atoms with E-state index in [1.807, 2.05) is 0 Å². The molecule has 0 radical (unpaired) electrons. The number of amides is 5. The maximum absolute atomic E-state index is 15.3. The molecule has 0 fully saturated rings. The van der Waals surface area contributed by atoms with Gasteiger partial charge in [0.2, 0.25) is 23.6 Å². The van der Waals surface area contributed by atoms with Gasteiger partial charge in [-0.15, -0.1) is 0 Å². The summed E-state index contributed by atoms with van der Waals surface area (Å²) in [5.74, 6) is -3.68. The average Bonchev–Trinajstić information content (AvgIpc) is 3.64. The molecule has 7 N–H and O–H groups in total. The summed E-state index contributed by atoms with van der Waals surface area (Å²) in [5.41, 5.74) is 2.17. The van der Waals surface area contributed by atoms with Crippen LogP contribution in [0.3, 0.4) is 0 Å². The molecule has 3 atom stereocenters. The number of aromatic nitrogens is 2. The minimum Gasteiger partial charge on any atom is -0.458 e. The zero-order valence-corrected chi connectivity index (χ0v) is 36.9. The number of benzene rings is 2. The minimum atomic E-state index is -2.00. The smallest absolute Gasteiger partial charge is 0.408 e. The van der Waals surface area contributed by atoms with Gasteiger partial charge >= 0.3 is 12.1 Å². The molecule has 65 heavy (non-hydrogen) atoms. The molecular formula is C46H53FN8O10. The van der Waals surface area contributed by atoms with Crippen LogP contribution in [0.4, 0.5) is 9.18 Å². The Morgan fingerprint density at radius 3 is 2.38 bits per heavy atom. The Bertz CT molecular complexity index is 2650. The standard InChI is InChI=1S/C46H53FN8O10/c1-6-46(63)29-17-34-40-27(22-55(34)42(60)28(29)23-64-43(46)61)39-31(13-12-26-24(2)30(47)18-32(54-40)38(26)39)48-14-15-49-35(56)19-51-41(59)33(16-25-10-8-7-9-11-25)53-37(58)21-50-36(57)20-52-44(62)65-45(3,4)5/h7-11,17-18,31,33,48,63H,6,12-16,19-23H2,1-5H3,(H,49,56)(H,50,57)(H,51,59)(H,52,62)(H,53,58)/t31-,33-,46-/m0/s1. The van der Waals surface area contributed by atoms with Crippen molar-refractivity contribution in [2.24, 2.45) is 0 Å². The second-order valence-corrected chi connectivity index (χ2v) is 17.4. The lowest BCUT2D eigenvalue weighted by Gasteiger charge is -2.31. The van der Waals surface area contributed by atoms with Crippen LogP contribution in [-0.4, -0.2) is 94.7 Å². The highest BCUT2D eigenvalue weighted by molar-refractivity contribution is 5.94. The largest absolute Gasteiger partial charge is 0.458 e. The van der Waals surface area contributed by atoms with E-state index in [0.29, 0.717) is 41.9 Å². The first-order valence-electron chi connectivity index (χ1n) is 21.5. The fourth-order valence-corrected chi connectivity index (χ4v) is 8.57. The summed E-state index contributed by atoms with van der Waals surface area (Å²) in [7, 11) is 0. The van der Waals surface area contributed by atoms with Crippen molar-refractivity contribution in [3.05, 3.63) is 97.6 Å². The van der Waals surface area contributed by atoms with Crippen LogP contribution in [0.2, 0.25) is 0 Å². The summed E-state index contributed by atoms with van der Waals surface area (Å²) in [5, 5.41) is 28.3. The molecule has 7 rings (SSSR count). The number of pyridine rings is 2. The quantitative estimate of drug-likeness (QED) is 0.0587. The van der Waals surface area contributed by atoms with Gasteiger partial charge in [0.05, 0.1) is 42.1 Å². The number of esters is 1. The summed E-state index contributed by atoms with van der Waals surface area (Å²) in [6.45, 7) is 7.43. The van der Waals surface area contributed by atoms with E-state index >= 15 is 4.39 Å². The Kier molecular flexibility index (Phi) is 13.4. The fraction of sp³-hybridized carbons (Fsp3) is 0.435. The van der Waals surface area contributed by atoms with Gasteiger partial charge in [-0.2, -0.15) is 0 Å². The van der Waals surface area contributed by atoms with Crippen LogP contribution in [0.25, 0.3) is 22.3 Å². The second kappa shape index (κ2) is 18.8. The predicted octanol–water partition coefficient (Wildman–Crippen LogP) is 1.70. The molecule has 19 heteroatoms. The summed E-state index contributed by atoms with van der Waals surface area (Å²) in [6, 6.07) is 10.6. The van der Waals surface area contributed by atoms with Crippen molar-refractivity contribution in [3.63, 3.8) is 0 Å². The predicted molar refractivity (Wildman–Crippen MR) is 234 cm³/mol. The molecule has 4 heterocycles. The van der Waals surface area contributed by atoms with Crippen molar-refractivity contribution < 1.29 is 47.7 Å². The Morgan fingerprint density at radius 2 is 1.66 bits per heavy atom. The molecule has 2 aromatic carbocycles. The van der Waals surface area contributed by atoms with Crippen molar-refractivity contribution in [1.29, 1.82) is 0 Å². The number of nitrogens with one attached hydrogen (secondary N) is 6. The SMILES string of the molecule is CC[C@@]1(O)C(=O)OCc2c1cc1n(c2=O)Cc2c-1nc1cc(F)c(C)c3c1c2[C@@H](NCCNC(=O)CNC(=O)[C@H](Cc1ccccc1)NC(=O)CNC(=O)CNC(=O)OC(C)(C)C)CC3. The van der Waals surface area contributed by atoms with Gasteiger partial charge in [-0.3, -0.25) is 24.0 Å². The number of nitrogens with zero attached hydrogens (tertiary/aromatic N) is 2. The number of fused-ring (bicyclic) bond motifs is 5. The molecular weight excluding hydrogens is 844 g/mol. The molecule has 1 aliphatic carbocycles. The van der Waals surface area contributed by atoms with Crippen LogP contribution in [0, 0.1) is 12.7 Å². The second-order valence-electron chi connectivity index (χ2n) is 17.4. The minimum absolute atomic E-state index is 0.0109. The Hall–Kier alpha value is -6.73. The Balaban J connectivity index is 0.982. The fourth-order valence-electron chi connectivity index (χ4n) is 8.57. The van der Waals surface area contributed by atoms with Crippen molar-refractivity contribution >= 4 is 46.6 Å². The van der Waals surface area contributed by atoms with Crippen molar-refractivity contribution in [2.45, 2.75) is 96.7 Å². The first kappa shape index (κ1) is 46.3. The number of cyclic esters (lactones) is 1. The molecule has 2 aliphatic heterocycles. The zero-order valence-electron chi connectivity index (χ0n) is 36.9. The van der Waals surface area contributed by atoms with E-state index in [9.17, 15) is 38.7 Å². The Labute approximate surface area is 373 Å². The van der Waals surface area contributed by atoms with Gasteiger partial charge in [0.1, 0.15) is 30.6 Å². The molecule has 344 valence electrons. The third kappa shape index (κ3) is 9.85. The Morgan fingerprint density at radius 1 is 0.954 bits per heavy atom. The highest BCUT2D eigenvalue weighted by Gasteiger charge is 2.46. The van der Waals surface area contributed by atoms with Gasteiger partial charge < -0.3 is 51.0 Å². The molecule has 4 aromatic rings. The first-order chi connectivity index (χ1) is 30.9. The number of alkyl carbamates (subject to hydrolysis) is 1. The highest BCUT2D eigenvalue weighted by Crippen LogP contribution is 2.46. The van der Waals surface area contributed by atoms with Crippen LogP contribution in [0.15, 0.2) is 47.3 Å². The number of aryl methyl sites for hydroxylation is 1. The van der Waals surface area contributed by atoms with Crippen molar-refractivity contribution in [2.75, 3.05) is 32.7 Å².